The third kappa shape index (κ3) is 2.69. The molecular weight excluding hydrogens is 266 g/mol. The van der Waals surface area contributed by atoms with Crippen molar-refractivity contribution in [3.05, 3.63) is 53.1 Å². The molecule has 20 heavy (non-hydrogen) atoms. The van der Waals surface area contributed by atoms with Gasteiger partial charge in [0.05, 0.1) is 11.3 Å². The largest absolute Gasteiger partial charge is 0.478 e. The third-order valence-electron chi connectivity index (χ3n) is 2.82. The van der Waals surface area contributed by atoms with Crippen molar-refractivity contribution in [1.82, 2.24) is 0 Å². The predicted molar refractivity (Wildman–Crippen MR) is 72.2 cm³/mol. The molecule has 0 bridgehead atoms. The molecule has 104 valence electrons. The first-order valence-corrected chi connectivity index (χ1v) is 5.74. The number of nitrogen functional groups attached to an aromatic ring is 1. The SMILES string of the molecule is Cc1cc(Nc2cc(F)ccc2F)cc(C(=O)O)c1N. The monoisotopic (exact) mass is 278 g/mol. The van der Waals surface area contributed by atoms with Crippen LogP contribution in [0.15, 0.2) is 30.3 Å². The van der Waals surface area contributed by atoms with E-state index in [1.165, 1.54) is 6.07 Å². The molecule has 0 fully saturated rings. The van der Waals surface area contributed by atoms with Crippen LogP contribution in [0.1, 0.15) is 15.9 Å². The molecule has 6 heteroatoms. The zero-order chi connectivity index (χ0) is 14.9. The maximum absolute atomic E-state index is 13.5. The van der Waals surface area contributed by atoms with Crippen LogP contribution in [0.2, 0.25) is 0 Å². The lowest BCUT2D eigenvalue weighted by Crippen LogP contribution is -2.06. The second kappa shape index (κ2) is 5.16. The molecule has 0 spiro atoms. The number of carboxylic acid groups (broad SMARTS) is 1. The molecule has 0 unspecified atom stereocenters. The number of carbonyl (C=O) groups is 1. The van der Waals surface area contributed by atoms with Crippen molar-refractivity contribution in [1.29, 1.82) is 0 Å². The van der Waals surface area contributed by atoms with Crippen LogP contribution >= 0.6 is 0 Å². The lowest BCUT2D eigenvalue weighted by atomic mass is 10.1. The summed E-state index contributed by atoms with van der Waals surface area (Å²) >= 11 is 0. The number of anilines is 3. The van der Waals surface area contributed by atoms with Crippen LogP contribution in [-0.4, -0.2) is 11.1 Å². The second-order valence-electron chi connectivity index (χ2n) is 4.31. The van der Waals surface area contributed by atoms with Crippen molar-refractivity contribution in [2.45, 2.75) is 6.92 Å². The molecule has 0 aliphatic carbocycles. The lowest BCUT2D eigenvalue weighted by Gasteiger charge is -2.12. The van der Waals surface area contributed by atoms with Crippen molar-refractivity contribution in [2.75, 3.05) is 11.1 Å². The Labute approximate surface area is 113 Å². The van der Waals surface area contributed by atoms with Crippen molar-refractivity contribution < 1.29 is 18.7 Å². The quantitative estimate of drug-likeness (QED) is 0.753. The van der Waals surface area contributed by atoms with Gasteiger partial charge in [0.15, 0.2) is 0 Å². The summed E-state index contributed by atoms with van der Waals surface area (Å²) in [5, 5.41) is 11.7. The number of hydrogen-bond acceptors (Lipinski definition) is 3. The molecule has 0 aliphatic heterocycles. The van der Waals surface area contributed by atoms with E-state index in [1.807, 2.05) is 0 Å². The Kier molecular flexibility index (Phi) is 3.56. The summed E-state index contributed by atoms with van der Waals surface area (Å²) in [5.41, 5.74) is 6.48. The standard InChI is InChI=1S/C14H12F2N2O2/c1-7-4-9(6-10(13(7)17)14(19)20)18-12-5-8(15)2-3-11(12)16/h2-6,18H,17H2,1H3,(H,19,20). The highest BCUT2D eigenvalue weighted by molar-refractivity contribution is 5.96. The third-order valence-corrected chi connectivity index (χ3v) is 2.82. The molecule has 0 aliphatic rings. The Morgan fingerprint density at radius 3 is 2.60 bits per heavy atom. The molecule has 4 N–H and O–H groups in total. The van der Waals surface area contributed by atoms with Gasteiger partial charge in [-0.1, -0.05) is 0 Å². The summed E-state index contributed by atoms with van der Waals surface area (Å²) in [6, 6.07) is 5.81. The van der Waals surface area contributed by atoms with E-state index in [2.05, 4.69) is 5.32 Å². The maximum Gasteiger partial charge on any atom is 0.337 e. The van der Waals surface area contributed by atoms with Crippen LogP contribution in [0.4, 0.5) is 25.8 Å². The second-order valence-corrected chi connectivity index (χ2v) is 4.31. The zero-order valence-corrected chi connectivity index (χ0v) is 10.6. The Bertz CT molecular complexity index is 687. The van der Waals surface area contributed by atoms with Gasteiger partial charge in [0, 0.05) is 17.4 Å². The smallest absolute Gasteiger partial charge is 0.337 e. The first-order chi connectivity index (χ1) is 9.38. The first-order valence-electron chi connectivity index (χ1n) is 5.74. The fourth-order valence-electron chi connectivity index (χ4n) is 1.80. The minimum atomic E-state index is -1.19. The molecule has 0 amide bonds. The van der Waals surface area contributed by atoms with E-state index in [4.69, 9.17) is 10.8 Å². The van der Waals surface area contributed by atoms with Crippen molar-refractivity contribution in [2.24, 2.45) is 0 Å². The van der Waals surface area contributed by atoms with Gasteiger partial charge in [-0.05, 0) is 36.8 Å². The number of rotatable bonds is 3. The molecule has 2 aromatic carbocycles. The fraction of sp³-hybridized carbons (Fsp3) is 0.0714. The summed E-state index contributed by atoms with van der Waals surface area (Å²) in [6.07, 6.45) is 0. The fourth-order valence-corrected chi connectivity index (χ4v) is 1.80. The number of aryl methyl sites for hydroxylation is 1. The van der Waals surface area contributed by atoms with Crippen LogP contribution in [0.5, 0.6) is 0 Å². The highest BCUT2D eigenvalue weighted by Crippen LogP contribution is 2.26. The van der Waals surface area contributed by atoms with Gasteiger partial charge in [0.2, 0.25) is 0 Å². The highest BCUT2D eigenvalue weighted by Gasteiger charge is 2.13. The molecule has 2 rings (SSSR count). The van der Waals surface area contributed by atoms with E-state index in [0.717, 1.165) is 18.2 Å². The number of aromatic carboxylic acids is 1. The van der Waals surface area contributed by atoms with E-state index in [0.29, 0.717) is 11.3 Å². The number of halogens is 2. The Balaban J connectivity index is 2.44. The van der Waals surface area contributed by atoms with E-state index in [1.54, 1.807) is 13.0 Å². The first kappa shape index (κ1) is 13.8. The zero-order valence-electron chi connectivity index (χ0n) is 10.6. The van der Waals surface area contributed by atoms with Gasteiger partial charge in [-0.2, -0.15) is 0 Å². The van der Waals surface area contributed by atoms with Gasteiger partial charge in [0.25, 0.3) is 0 Å². The van der Waals surface area contributed by atoms with Crippen LogP contribution in [0.3, 0.4) is 0 Å². The predicted octanol–water partition coefficient (Wildman–Crippen LogP) is 3.30. The summed E-state index contributed by atoms with van der Waals surface area (Å²) in [7, 11) is 0. The molecule has 0 radical (unpaired) electrons. The van der Waals surface area contributed by atoms with Gasteiger partial charge >= 0.3 is 5.97 Å². The Hall–Kier alpha value is -2.63. The molecule has 0 saturated heterocycles. The molecule has 0 aromatic heterocycles. The number of benzene rings is 2. The van der Waals surface area contributed by atoms with Crippen molar-refractivity contribution >= 4 is 23.0 Å². The Morgan fingerprint density at radius 1 is 1.25 bits per heavy atom. The number of nitrogens with two attached hydrogens (primary N) is 1. The normalized spacial score (nSPS) is 10.3. The van der Waals surface area contributed by atoms with Gasteiger partial charge in [-0.15, -0.1) is 0 Å². The van der Waals surface area contributed by atoms with E-state index >= 15 is 0 Å². The highest BCUT2D eigenvalue weighted by atomic mass is 19.1. The van der Waals surface area contributed by atoms with Gasteiger partial charge in [-0.25, -0.2) is 13.6 Å². The number of hydrogen-bond donors (Lipinski definition) is 3. The topological polar surface area (TPSA) is 75.3 Å². The average Bonchev–Trinajstić information content (AvgIpc) is 2.37. The van der Waals surface area contributed by atoms with E-state index < -0.39 is 17.6 Å². The average molecular weight is 278 g/mol. The molecule has 4 nitrogen and oxygen atoms in total. The molecule has 2 aromatic rings. The van der Waals surface area contributed by atoms with Gasteiger partial charge in [0.1, 0.15) is 11.6 Å². The minimum Gasteiger partial charge on any atom is -0.478 e. The van der Waals surface area contributed by atoms with Crippen molar-refractivity contribution in [3.8, 4) is 0 Å². The maximum atomic E-state index is 13.5. The van der Waals surface area contributed by atoms with Crippen LogP contribution in [-0.2, 0) is 0 Å². The summed E-state index contributed by atoms with van der Waals surface area (Å²) in [4.78, 5) is 11.1. The van der Waals surface area contributed by atoms with E-state index in [9.17, 15) is 13.6 Å². The lowest BCUT2D eigenvalue weighted by molar-refractivity contribution is 0.0698. The molecule has 0 atom stereocenters. The van der Waals surface area contributed by atoms with Crippen LogP contribution < -0.4 is 11.1 Å². The molecule has 0 saturated carbocycles. The minimum absolute atomic E-state index is 0.0782. The van der Waals surface area contributed by atoms with Crippen LogP contribution in [0.25, 0.3) is 0 Å². The summed E-state index contributed by atoms with van der Waals surface area (Å²) < 4.78 is 26.6. The molecular formula is C14H12F2N2O2. The Morgan fingerprint density at radius 2 is 1.95 bits per heavy atom. The molecule has 0 heterocycles. The summed E-state index contributed by atoms with van der Waals surface area (Å²) in [6.45, 7) is 1.63. The van der Waals surface area contributed by atoms with Crippen LogP contribution in [0, 0.1) is 18.6 Å². The van der Waals surface area contributed by atoms with Gasteiger partial charge < -0.3 is 16.2 Å². The van der Waals surface area contributed by atoms with E-state index in [-0.39, 0.29) is 16.9 Å². The number of nitrogens with one attached hydrogen (secondary N) is 1. The van der Waals surface area contributed by atoms with Crippen molar-refractivity contribution in [3.63, 3.8) is 0 Å². The number of carboxylic acids is 1. The summed E-state index contributed by atoms with van der Waals surface area (Å²) in [5.74, 6) is -2.42. The van der Waals surface area contributed by atoms with Gasteiger partial charge in [-0.3, -0.25) is 0 Å².